The molecule has 94 valence electrons. The van der Waals surface area contributed by atoms with Gasteiger partial charge in [-0.05, 0) is 6.92 Å². The standard InChI is InChI=1S/C7H9F3O5S/c1-4(2)6(11)15-5(7(8,9)10)3-16(12,13)14/h5H,1,3H2,2H3,(H,12,13,14)/p-1. The first kappa shape index (κ1) is 14.9. The van der Waals surface area contributed by atoms with Gasteiger partial charge in [-0.1, -0.05) is 6.58 Å². The number of carbonyl (C=O) groups excluding carboxylic acids is 1. The van der Waals surface area contributed by atoms with Gasteiger partial charge in [0.15, 0.2) is 0 Å². The van der Waals surface area contributed by atoms with E-state index in [-0.39, 0.29) is 5.57 Å². The van der Waals surface area contributed by atoms with Crippen molar-refractivity contribution in [2.45, 2.75) is 19.2 Å². The molecular weight excluding hydrogens is 253 g/mol. The Balaban J connectivity index is 4.85. The van der Waals surface area contributed by atoms with Gasteiger partial charge >= 0.3 is 12.1 Å². The smallest absolute Gasteiger partial charge is 0.426 e. The molecule has 0 rings (SSSR count). The molecule has 0 saturated heterocycles. The summed E-state index contributed by atoms with van der Waals surface area (Å²) in [4.78, 5) is 10.8. The zero-order valence-electron chi connectivity index (χ0n) is 8.07. The molecule has 1 unspecified atom stereocenters. The molecule has 5 nitrogen and oxygen atoms in total. The van der Waals surface area contributed by atoms with Gasteiger partial charge in [-0.15, -0.1) is 0 Å². The second kappa shape index (κ2) is 4.83. The Bertz CT molecular complexity index is 383. The molecule has 0 aliphatic carbocycles. The van der Waals surface area contributed by atoms with Crippen LogP contribution in [0.25, 0.3) is 0 Å². The molecule has 0 fully saturated rings. The Morgan fingerprint density at radius 2 is 1.94 bits per heavy atom. The van der Waals surface area contributed by atoms with Crippen molar-refractivity contribution in [3.8, 4) is 0 Å². The van der Waals surface area contributed by atoms with E-state index in [0.717, 1.165) is 6.92 Å². The fourth-order valence-corrected chi connectivity index (χ4v) is 1.24. The molecule has 0 radical (unpaired) electrons. The SMILES string of the molecule is C=C(C)C(=O)OC(CS(=O)(=O)[O-])C(F)(F)F. The van der Waals surface area contributed by atoms with Crippen LogP contribution in [-0.4, -0.2) is 37.0 Å². The van der Waals surface area contributed by atoms with E-state index in [0.29, 0.717) is 0 Å². The van der Waals surface area contributed by atoms with Gasteiger partial charge in [0, 0.05) is 5.57 Å². The van der Waals surface area contributed by atoms with Crippen molar-refractivity contribution >= 4 is 16.1 Å². The number of hydrogen-bond donors (Lipinski definition) is 0. The molecule has 0 aliphatic rings. The summed E-state index contributed by atoms with van der Waals surface area (Å²) in [7, 11) is -5.15. The molecule has 1 atom stereocenters. The Morgan fingerprint density at radius 3 is 2.19 bits per heavy atom. The van der Waals surface area contributed by atoms with E-state index in [1.165, 1.54) is 0 Å². The average molecular weight is 261 g/mol. The summed E-state index contributed by atoms with van der Waals surface area (Å²) in [6.07, 6.45) is -8.10. The summed E-state index contributed by atoms with van der Waals surface area (Å²) < 4.78 is 70.8. The highest BCUT2D eigenvalue weighted by Crippen LogP contribution is 2.24. The zero-order chi connectivity index (χ0) is 13.1. The predicted molar refractivity (Wildman–Crippen MR) is 45.3 cm³/mol. The minimum absolute atomic E-state index is 0.336. The summed E-state index contributed by atoms with van der Waals surface area (Å²) in [6.45, 7) is 4.10. The zero-order valence-corrected chi connectivity index (χ0v) is 8.89. The predicted octanol–water partition coefficient (Wildman–Crippen LogP) is 0.582. The lowest BCUT2D eigenvalue weighted by molar-refractivity contribution is -0.213. The molecule has 0 saturated carbocycles. The second-order valence-electron chi connectivity index (χ2n) is 2.94. The molecule has 9 heteroatoms. The molecule has 0 aromatic heterocycles. The third-order valence-corrected chi connectivity index (χ3v) is 2.03. The van der Waals surface area contributed by atoms with Crippen LogP contribution in [0.1, 0.15) is 6.92 Å². The van der Waals surface area contributed by atoms with Crippen molar-refractivity contribution < 1.29 is 35.7 Å². The largest absolute Gasteiger partial charge is 0.748 e. The third kappa shape index (κ3) is 5.71. The summed E-state index contributed by atoms with van der Waals surface area (Å²) in [5.74, 6) is -3.26. The number of carbonyl (C=O) groups is 1. The minimum Gasteiger partial charge on any atom is -0.748 e. The highest BCUT2D eigenvalue weighted by Gasteiger charge is 2.44. The molecule has 0 aromatic rings. The monoisotopic (exact) mass is 261 g/mol. The van der Waals surface area contributed by atoms with Gasteiger partial charge in [-0.3, -0.25) is 0 Å². The van der Waals surface area contributed by atoms with Gasteiger partial charge in [0.2, 0.25) is 6.10 Å². The first-order valence-electron chi connectivity index (χ1n) is 3.80. The third-order valence-electron chi connectivity index (χ3n) is 1.32. The lowest BCUT2D eigenvalue weighted by atomic mass is 10.3. The molecule has 0 bridgehead atoms. The topological polar surface area (TPSA) is 83.5 Å². The maximum Gasteiger partial charge on any atom is 0.426 e. The first-order chi connectivity index (χ1) is 6.93. The van der Waals surface area contributed by atoms with E-state index < -0.39 is 34.1 Å². The van der Waals surface area contributed by atoms with E-state index in [2.05, 4.69) is 11.3 Å². The molecular formula is C7H8F3O5S-. The molecule has 0 N–H and O–H groups in total. The van der Waals surface area contributed by atoms with Gasteiger partial charge in [0.05, 0.1) is 15.9 Å². The van der Waals surface area contributed by atoms with Crippen LogP contribution >= 0.6 is 0 Å². The van der Waals surface area contributed by atoms with Crippen LogP contribution in [0.3, 0.4) is 0 Å². The number of rotatable bonds is 4. The van der Waals surface area contributed by atoms with Gasteiger partial charge in [0.1, 0.15) is 0 Å². The van der Waals surface area contributed by atoms with Crippen molar-refractivity contribution in [2.24, 2.45) is 0 Å². The van der Waals surface area contributed by atoms with Crippen LogP contribution in [0.5, 0.6) is 0 Å². The van der Waals surface area contributed by atoms with Gasteiger partial charge in [-0.2, -0.15) is 13.2 Å². The molecule has 0 spiro atoms. The fraction of sp³-hybridized carbons (Fsp3) is 0.571. The summed E-state index contributed by atoms with van der Waals surface area (Å²) in [5, 5.41) is 0. The molecule has 16 heavy (non-hydrogen) atoms. The van der Waals surface area contributed by atoms with E-state index in [4.69, 9.17) is 0 Å². The van der Waals surface area contributed by atoms with Crippen molar-refractivity contribution in [3.05, 3.63) is 12.2 Å². The normalized spacial score (nSPS) is 14.3. The highest BCUT2D eigenvalue weighted by molar-refractivity contribution is 7.85. The van der Waals surface area contributed by atoms with Crippen LogP contribution in [0.15, 0.2) is 12.2 Å². The van der Waals surface area contributed by atoms with Crippen molar-refractivity contribution in [1.29, 1.82) is 0 Å². The lowest BCUT2D eigenvalue weighted by Crippen LogP contribution is -2.39. The maximum atomic E-state index is 12.2. The minimum atomic E-state index is -5.15. The van der Waals surface area contributed by atoms with Crippen LogP contribution < -0.4 is 0 Å². The number of hydrogen-bond acceptors (Lipinski definition) is 5. The number of halogens is 3. The van der Waals surface area contributed by atoms with E-state index in [9.17, 15) is 30.9 Å². The van der Waals surface area contributed by atoms with Gasteiger partial charge in [0.25, 0.3) is 0 Å². The second-order valence-corrected chi connectivity index (χ2v) is 4.39. The Hall–Kier alpha value is -1.09. The van der Waals surface area contributed by atoms with E-state index in [1.807, 2.05) is 0 Å². The summed E-state index contributed by atoms with van der Waals surface area (Å²) in [6, 6.07) is 0. The quantitative estimate of drug-likeness (QED) is 0.420. The van der Waals surface area contributed by atoms with Crippen LogP contribution in [0, 0.1) is 0 Å². The van der Waals surface area contributed by atoms with E-state index in [1.54, 1.807) is 0 Å². The fourth-order valence-electron chi connectivity index (χ4n) is 0.611. The first-order valence-corrected chi connectivity index (χ1v) is 5.38. The highest BCUT2D eigenvalue weighted by atomic mass is 32.2. The molecule has 0 amide bonds. The summed E-state index contributed by atoms with van der Waals surface area (Å²) >= 11 is 0. The Labute approximate surface area is 89.6 Å². The van der Waals surface area contributed by atoms with Crippen molar-refractivity contribution in [1.82, 2.24) is 0 Å². The summed E-state index contributed by atoms with van der Waals surface area (Å²) in [5.41, 5.74) is -0.336. The van der Waals surface area contributed by atoms with Crippen molar-refractivity contribution in [3.63, 3.8) is 0 Å². The Morgan fingerprint density at radius 1 is 1.50 bits per heavy atom. The van der Waals surface area contributed by atoms with Gasteiger partial charge < -0.3 is 9.29 Å². The van der Waals surface area contributed by atoms with Gasteiger partial charge in [-0.25, -0.2) is 13.2 Å². The Kier molecular flexibility index (Phi) is 4.50. The van der Waals surface area contributed by atoms with Crippen LogP contribution in [-0.2, 0) is 19.6 Å². The van der Waals surface area contributed by atoms with Crippen LogP contribution in [0.2, 0.25) is 0 Å². The number of ether oxygens (including phenoxy) is 1. The lowest BCUT2D eigenvalue weighted by Gasteiger charge is -2.21. The van der Waals surface area contributed by atoms with E-state index >= 15 is 0 Å². The molecule has 0 aliphatic heterocycles. The molecule has 0 heterocycles. The number of alkyl halides is 3. The number of esters is 1. The van der Waals surface area contributed by atoms with Crippen molar-refractivity contribution in [2.75, 3.05) is 5.75 Å². The molecule has 0 aromatic carbocycles. The van der Waals surface area contributed by atoms with Crippen LogP contribution in [0.4, 0.5) is 13.2 Å². The maximum absolute atomic E-state index is 12.2. The average Bonchev–Trinajstić information content (AvgIpc) is 1.98.